The molecule has 2 rings (SSSR count). The quantitative estimate of drug-likeness (QED) is 0.770. The van der Waals surface area contributed by atoms with Crippen LogP contribution in [0.1, 0.15) is 0 Å². The number of aromatic nitrogens is 1. The van der Waals surface area contributed by atoms with Gasteiger partial charge in [-0.3, -0.25) is 0 Å². The molecule has 1 aliphatic heterocycles. The van der Waals surface area contributed by atoms with E-state index in [4.69, 9.17) is 0 Å². The van der Waals surface area contributed by atoms with Crippen LogP contribution in [0.5, 0.6) is 0 Å². The third-order valence-corrected chi connectivity index (χ3v) is 6.94. The van der Waals surface area contributed by atoms with Crippen LogP contribution < -0.4 is 0 Å². The van der Waals surface area contributed by atoms with Gasteiger partial charge in [-0.05, 0) is 0 Å². The second kappa shape index (κ2) is 5.11. The molecule has 2 heterocycles. The van der Waals surface area contributed by atoms with Gasteiger partial charge < -0.3 is 0 Å². The number of thioether (sulfide) groups is 2. The third-order valence-electron chi connectivity index (χ3n) is 1.50. The van der Waals surface area contributed by atoms with Gasteiger partial charge in [0.25, 0.3) is 0 Å². The van der Waals surface area contributed by atoms with E-state index in [-0.39, 0.29) is 0 Å². The number of nitrogens with zero attached hydrogens (tertiary/aromatic N) is 1. The number of rotatable bonds is 2. The Morgan fingerprint density at radius 1 is 1.54 bits per heavy atom. The fourth-order valence-electron chi connectivity index (χ4n) is 0.946. The summed E-state index contributed by atoms with van der Waals surface area (Å²) < 4.78 is 0.680. The van der Waals surface area contributed by atoms with Crippen molar-refractivity contribution in [3.8, 4) is 0 Å². The molecule has 0 aliphatic carbocycles. The monoisotopic (exact) mass is 275 g/mol. The summed E-state index contributed by atoms with van der Waals surface area (Å²) >= 11 is 4.50. The van der Waals surface area contributed by atoms with Crippen LogP contribution in [-0.2, 0) is 0 Å². The van der Waals surface area contributed by atoms with Crippen molar-refractivity contribution in [3.05, 3.63) is 34.8 Å². The number of hydrogen-bond donors (Lipinski definition) is 0. The van der Waals surface area contributed by atoms with Gasteiger partial charge in [0.05, 0.1) is 0 Å². The van der Waals surface area contributed by atoms with E-state index < -0.39 is 0 Å². The molecule has 1 aromatic heterocycles. The average Bonchev–Trinajstić information content (AvgIpc) is 2.21. The molecule has 1 nitrogen and oxygen atoms in total. The Labute approximate surface area is 92.9 Å². The van der Waals surface area contributed by atoms with Crippen LogP contribution in [0.25, 0.3) is 0 Å². The number of pyridine rings is 1. The summed E-state index contributed by atoms with van der Waals surface area (Å²) in [5, 5.41) is 4.69. The van der Waals surface area contributed by atoms with Crippen LogP contribution in [0.15, 0.2) is 39.8 Å². The van der Waals surface area contributed by atoms with Crippen LogP contribution in [-0.4, -0.2) is 24.5 Å². The second-order valence-electron chi connectivity index (χ2n) is 2.46. The molecular formula is C9H9NS2Se. The minimum absolute atomic E-state index is 0.680. The zero-order chi connectivity index (χ0) is 8.93. The molecule has 0 saturated carbocycles. The van der Waals surface area contributed by atoms with Gasteiger partial charge in [0.15, 0.2) is 0 Å². The van der Waals surface area contributed by atoms with Crippen molar-refractivity contribution in [1.82, 2.24) is 4.98 Å². The zero-order valence-electron chi connectivity index (χ0n) is 6.92. The standard InChI is InChI=1S/C9H9NS2Se/c1-2-4-10-8(3-1)12-9-7-13-6-5-11-9/h1-6,9H,7H2. The Morgan fingerprint density at radius 3 is 3.23 bits per heavy atom. The first-order valence-corrected chi connectivity index (χ1v) is 7.97. The van der Waals surface area contributed by atoms with Crippen LogP contribution in [0.3, 0.4) is 0 Å². The van der Waals surface area contributed by atoms with Crippen LogP contribution in [0, 0.1) is 0 Å². The first-order valence-electron chi connectivity index (χ1n) is 3.95. The molecule has 1 atom stereocenters. The molecule has 4 heteroatoms. The molecule has 0 fully saturated rings. The topological polar surface area (TPSA) is 12.9 Å². The summed E-state index contributed by atoms with van der Waals surface area (Å²) in [6.07, 6.45) is 1.86. The summed E-state index contributed by atoms with van der Waals surface area (Å²) in [6.45, 7) is 0. The Hall–Kier alpha value is 0.109. The van der Waals surface area contributed by atoms with Gasteiger partial charge in [0.1, 0.15) is 0 Å². The van der Waals surface area contributed by atoms with Gasteiger partial charge in [-0.15, -0.1) is 0 Å². The molecule has 0 N–H and O–H groups in total. The summed E-state index contributed by atoms with van der Waals surface area (Å²) in [5.74, 6) is 0. The molecule has 68 valence electrons. The number of hydrogen-bond acceptors (Lipinski definition) is 3. The molecular weight excluding hydrogens is 265 g/mol. The molecule has 1 aliphatic rings. The van der Waals surface area contributed by atoms with Gasteiger partial charge in [-0.25, -0.2) is 0 Å². The first kappa shape index (κ1) is 9.66. The van der Waals surface area contributed by atoms with E-state index in [1.807, 2.05) is 41.9 Å². The van der Waals surface area contributed by atoms with Crippen LogP contribution in [0.4, 0.5) is 0 Å². The van der Waals surface area contributed by atoms with Crippen LogP contribution >= 0.6 is 23.5 Å². The molecule has 0 aromatic carbocycles. The van der Waals surface area contributed by atoms with Gasteiger partial charge >= 0.3 is 93.2 Å². The van der Waals surface area contributed by atoms with Crippen LogP contribution in [0.2, 0.25) is 5.32 Å². The predicted octanol–water partition coefficient (Wildman–Crippen LogP) is 2.84. The van der Waals surface area contributed by atoms with Crippen molar-refractivity contribution in [2.24, 2.45) is 0 Å². The zero-order valence-corrected chi connectivity index (χ0v) is 10.3. The van der Waals surface area contributed by atoms with Crippen molar-refractivity contribution in [1.29, 1.82) is 0 Å². The Kier molecular flexibility index (Phi) is 3.79. The molecule has 0 saturated heterocycles. The molecule has 0 spiro atoms. The van der Waals surface area contributed by atoms with E-state index in [1.165, 1.54) is 5.32 Å². The van der Waals surface area contributed by atoms with Crippen molar-refractivity contribution in [2.75, 3.05) is 0 Å². The summed E-state index contributed by atoms with van der Waals surface area (Å²) in [4.78, 5) is 6.60. The normalized spacial score (nSPS) is 21.7. The molecule has 0 amide bonds. The molecule has 0 bridgehead atoms. The van der Waals surface area contributed by atoms with Crippen molar-refractivity contribution >= 4 is 38.5 Å². The maximum atomic E-state index is 4.31. The fourth-order valence-corrected chi connectivity index (χ4v) is 5.87. The van der Waals surface area contributed by atoms with Gasteiger partial charge in [0, 0.05) is 0 Å². The molecule has 1 unspecified atom stereocenters. The van der Waals surface area contributed by atoms with Crippen molar-refractivity contribution in [3.63, 3.8) is 0 Å². The van der Waals surface area contributed by atoms with E-state index in [0.29, 0.717) is 19.5 Å². The Morgan fingerprint density at radius 2 is 2.54 bits per heavy atom. The summed E-state index contributed by atoms with van der Waals surface area (Å²) in [5.41, 5.74) is 0. The summed E-state index contributed by atoms with van der Waals surface area (Å²) in [6, 6.07) is 6.09. The van der Waals surface area contributed by atoms with Gasteiger partial charge in [0.2, 0.25) is 0 Å². The average molecular weight is 274 g/mol. The van der Waals surface area contributed by atoms with E-state index in [1.54, 1.807) is 0 Å². The van der Waals surface area contributed by atoms with Gasteiger partial charge in [-0.2, -0.15) is 0 Å². The van der Waals surface area contributed by atoms with E-state index in [0.717, 1.165) is 5.03 Å². The summed E-state index contributed by atoms with van der Waals surface area (Å²) in [7, 11) is 0. The van der Waals surface area contributed by atoms with E-state index in [9.17, 15) is 0 Å². The SMILES string of the molecule is C1=C[Se]CC(Sc2ccccn2)S1. The fraction of sp³-hybridized carbons (Fsp3) is 0.222. The third kappa shape index (κ3) is 3.06. The molecule has 0 radical (unpaired) electrons. The van der Waals surface area contributed by atoms with Gasteiger partial charge in [-0.1, -0.05) is 0 Å². The van der Waals surface area contributed by atoms with Crippen molar-refractivity contribution in [2.45, 2.75) is 14.9 Å². The van der Waals surface area contributed by atoms with E-state index in [2.05, 4.69) is 21.4 Å². The Balaban J connectivity index is 1.94. The maximum absolute atomic E-state index is 4.31. The second-order valence-corrected chi connectivity index (χ2v) is 7.06. The first-order chi connectivity index (χ1) is 6.45. The Bertz CT molecular complexity index is 289. The minimum atomic E-state index is 0.680. The predicted molar refractivity (Wildman–Crippen MR) is 61.2 cm³/mol. The molecule has 1 aromatic rings. The van der Waals surface area contributed by atoms with Crippen molar-refractivity contribution < 1.29 is 0 Å². The molecule has 13 heavy (non-hydrogen) atoms. The van der Waals surface area contributed by atoms with E-state index >= 15 is 0 Å².